The third kappa shape index (κ3) is 4.19. The fourth-order valence-corrected chi connectivity index (χ4v) is 2.27. The lowest BCUT2D eigenvalue weighted by Crippen LogP contribution is -2.43. The highest BCUT2D eigenvalue weighted by Gasteiger charge is 2.32. The summed E-state index contributed by atoms with van der Waals surface area (Å²) in [5.41, 5.74) is 0.660. The minimum atomic E-state index is -0.337. The monoisotopic (exact) mass is 292 g/mol. The first-order valence-corrected chi connectivity index (χ1v) is 7.35. The molecule has 1 aliphatic rings. The Morgan fingerprint density at radius 2 is 2.14 bits per heavy atom. The van der Waals surface area contributed by atoms with Crippen LogP contribution in [0.25, 0.3) is 0 Å². The van der Waals surface area contributed by atoms with Crippen molar-refractivity contribution in [3.63, 3.8) is 0 Å². The van der Waals surface area contributed by atoms with Crippen LogP contribution in [0.4, 0.5) is 5.69 Å². The molecule has 2 unspecified atom stereocenters. The van der Waals surface area contributed by atoms with Gasteiger partial charge in [-0.1, -0.05) is 12.1 Å². The summed E-state index contributed by atoms with van der Waals surface area (Å²) < 4.78 is 5.22. The van der Waals surface area contributed by atoms with Crippen molar-refractivity contribution in [3.8, 4) is 5.75 Å². The van der Waals surface area contributed by atoms with Crippen molar-refractivity contribution in [2.75, 3.05) is 26.0 Å². The zero-order chi connectivity index (χ0) is 15.4. The number of anilines is 1. The van der Waals surface area contributed by atoms with Gasteiger partial charge in [-0.15, -0.1) is 0 Å². The molecule has 0 saturated heterocycles. The maximum Gasteiger partial charge on any atom is 0.241 e. The predicted molar refractivity (Wildman–Crippen MR) is 82.4 cm³/mol. The lowest BCUT2D eigenvalue weighted by atomic mass is 10.2. The number of carbonyl (C=O) groups is 1. The quantitative estimate of drug-likeness (QED) is 0.803. The molecule has 0 heterocycles. The molecule has 0 bridgehead atoms. The van der Waals surface area contributed by atoms with Gasteiger partial charge in [0.25, 0.3) is 0 Å². The Balaban J connectivity index is 1.92. The van der Waals surface area contributed by atoms with Crippen LogP contribution in [0, 0.1) is 5.92 Å². The third-order valence-corrected chi connectivity index (χ3v) is 4.05. The smallest absolute Gasteiger partial charge is 0.241 e. The number of aliphatic hydroxyl groups is 1. The van der Waals surface area contributed by atoms with Crippen molar-refractivity contribution in [3.05, 3.63) is 24.3 Å². The Bertz CT molecular complexity index is 488. The Morgan fingerprint density at radius 3 is 2.76 bits per heavy atom. The molecule has 1 amide bonds. The van der Waals surface area contributed by atoms with Gasteiger partial charge < -0.3 is 15.2 Å². The molecular formula is C16H24N2O3. The van der Waals surface area contributed by atoms with E-state index in [4.69, 9.17) is 4.74 Å². The highest BCUT2D eigenvalue weighted by molar-refractivity contribution is 5.95. The normalized spacial score (nSPS) is 17.4. The number of nitrogens with zero attached hydrogens (tertiary/aromatic N) is 1. The van der Waals surface area contributed by atoms with Crippen LogP contribution in [0.15, 0.2) is 24.3 Å². The van der Waals surface area contributed by atoms with Crippen molar-refractivity contribution in [2.45, 2.75) is 31.9 Å². The van der Waals surface area contributed by atoms with Crippen LogP contribution in [0.3, 0.4) is 0 Å². The maximum atomic E-state index is 12.3. The van der Waals surface area contributed by atoms with Gasteiger partial charge in [0.2, 0.25) is 5.91 Å². The van der Waals surface area contributed by atoms with E-state index in [-0.39, 0.29) is 18.1 Å². The summed E-state index contributed by atoms with van der Waals surface area (Å²) in [7, 11) is 3.44. The molecule has 116 valence electrons. The number of likely N-dealkylation sites (N-methyl/N-ethyl adjacent to an activating group) is 1. The van der Waals surface area contributed by atoms with E-state index in [0.29, 0.717) is 23.9 Å². The number of hydrogen-bond donors (Lipinski definition) is 2. The van der Waals surface area contributed by atoms with Crippen LogP contribution in [0.5, 0.6) is 5.75 Å². The van der Waals surface area contributed by atoms with Crippen LogP contribution >= 0.6 is 0 Å². The summed E-state index contributed by atoms with van der Waals surface area (Å²) in [6, 6.07) is 7.01. The maximum absolute atomic E-state index is 12.3. The zero-order valence-corrected chi connectivity index (χ0v) is 12.9. The van der Waals surface area contributed by atoms with Crippen LogP contribution in [-0.2, 0) is 4.79 Å². The van der Waals surface area contributed by atoms with E-state index < -0.39 is 0 Å². The average Bonchev–Trinajstić information content (AvgIpc) is 3.31. The van der Waals surface area contributed by atoms with Gasteiger partial charge in [0, 0.05) is 6.54 Å². The third-order valence-electron chi connectivity index (χ3n) is 4.05. The van der Waals surface area contributed by atoms with E-state index in [2.05, 4.69) is 5.32 Å². The summed E-state index contributed by atoms with van der Waals surface area (Å²) in [5.74, 6) is 0.945. The van der Waals surface area contributed by atoms with Crippen LogP contribution < -0.4 is 10.1 Å². The first kappa shape index (κ1) is 15.8. The molecule has 1 aliphatic carbocycles. The summed E-state index contributed by atoms with van der Waals surface area (Å²) in [4.78, 5) is 14.2. The second-order valence-electron chi connectivity index (χ2n) is 5.71. The number of rotatable bonds is 7. The van der Waals surface area contributed by atoms with Gasteiger partial charge in [0.05, 0.1) is 24.9 Å². The Morgan fingerprint density at radius 1 is 1.48 bits per heavy atom. The van der Waals surface area contributed by atoms with Crippen molar-refractivity contribution in [1.29, 1.82) is 0 Å². The molecule has 1 aromatic rings. The van der Waals surface area contributed by atoms with E-state index in [9.17, 15) is 9.90 Å². The van der Waals surface area contributed by atoms with Gasteiger partial charge in [-0.2, -0.15) is 0 Å². The number of aliphatic hydroxyl groups excluding tert-OH is 1. The summed E-state index contributed by atoms with van der Waals surface area (Å²) in [5, 5.41) is 12.8. The van der Waals surface area contributed by atoms with Gasteiger partial charge in [0.15, 0.2) is 0 Å². The molecule has 1 saturated carbocycles. The number of carbonyl (C=O) groups excluding carboxylic acids is 1. The predicted octanol–water partition coefficient (Wildman–Crippen LogP) is 1.72. The highest BCUT2D eigenvalue weighted by atomic mass is 16.5. The molecule has 21 heavy (non-hydrogen) atoms. The first-order chi connectivity index (χ1) is 10.0. The Hall–Kier alpha value is -1.59. The molecule has 0 aromatic heterocycles. The summed E-state index contributed by atoms with van der Waals surface area (Å²) in [6.07, 6.45) is 1.85. The van der Waals surface area contributed by atoms with Gasteiger partial charge >= 0.3 is 0 Å². The van der Waals surface area contributed by atoms with Gasteiger partial charge in [0.1, 0.15) is 5.75 Å². The lowest BCUT2D eigenvalue weighted by molar-refractivity contribution is -0.120. The van der Waals surface area contributed by atoms with E-state index in [0.717, 1.165) is 12.8 Å². The van der Waals surface area contributed by atoms with Crippen molar-refractivity contribution >= 4 is 11.6 Å². The fourth-order valence-electron chi connectivity index (χ4n) is 2.27. The van der Waals surface area contributed by atoms with E-state index in [1.165, 1.54) is 0 Å². The number of hydrogen-bond acceptors (Lipinski definition) is 4. The molecule has 2 N–H and O–H groups in total. The fraction of sp³-hybridized carbons (Fsp3) is 0.562. The van der Waals surface area contributed by atoms with E-state index >= 15 is 0 Å². The van der Waals surface area contributed by atoms with Crippen LogP contribution in [0.2, 0.25) is 0 Å². The molecule has 0 spiro atoms. The number of benzene rings is 1. The number of nitrogens with one attached hydrogen (secondary N) is 1. The van der Waals surface area contributed by atoms with Crippen molar-refractivity contribution in [2.24, 2.45) is 5.92 Å². The summed E-state index contributed by atoms with van der Waals surface area (Å²) in [6.45, 7) is 2.36. The standard InChI is InChI=1S/C16H24N2O3/c1-11(18(2)10-14(19)12-8-9-12)16(20)17-13-6-4-5-7-15(13)21-3/h4-7,11-12,14,19H,8-10H2,1-3H3,(H,17,20). The molecule has 2 rings (SSSR count). The van der Waals surface area contributed by atoms with Crippen molar-refractivity contribution < 1.29 is 14.6 Å². The second-order valence-corrected chi connectivity index (χ2v) is 5.71. The van der Waals surface area contributed by atoms with Gasteiger partial charge in [-0.3, -0.25) is 9.69 Å². The minimum absolute atomic E-state index is 0.106. The largest absolute Gasteiger partial charge is 0.495 e. The van der Waals surface area contributed by atoms with Crippen molar-refractivity contribution in [1.82, 2.24) is 4.90 Å². The van der Waals surface area contributed by atoms with E-state index in [1.54, 1.807) is 13.2 Å². The van der Waals surface area contributed by atoms with E-state index in [1.807, 2.05) is 37.1 Å². The molecule has 2 atom stereocenters. The molecular weight excluding hydrogens is 268 g/mol. The Kier molecular flexibility index (Phi) is 5.20. The van der Waals surface area contributed by atoms with Gasteiger partial charge in [-0.25, -0.2) is 0 Å². The highest BCUT2D eigenvalue weighted by Crippen LogP contribution is 2.33. The number of para-hydroxylation sites is 2. The molecule has 0 aliphatic heterocycles. The minimum Gasteiger partial charge on any atom is -0.495 e. The topological polar surface area (TPSA) is 61.8 Å². The van der Waals surface area contributed by atoms with Crippen LogP contribution in [-0.4, -0.2) is 48.8 Å². The second kappa shape index (κ2) is 6.91. The lowest BCUT2D eigenvalue weighted by Gasteiger charge is -2.26. The number of methoxy groups -OCH3 is 1. The molecule has 0 radical (unpaired) electrons. The number of amides is 1. The summed E-state index contributed by atoms with van der Waals surface area (Å²) >= 11 is 0. The molecule has 5 nitrogen and oxygen atoms in total. The SMILES string of the molecule is COc1ccccc1NC(=O)C(C)N(C)CC(O)C1CC1. The van der Waals surface area contributed by atoms with Crippen LogP contribution in [0.1, 0.15) is 19.8 Å². The first-order valence-electron chi connectivity index (χ1n) is 7.35. The average molecular weight is 292 g/mol. The molecule has 1 fully saturated rings. The molecule has 5 heteroatoms. The number of ether oxygens (including phenoxy) is 1. The van der Waals surface area contributed by atoms with Gasteiger partial charge in [-0.05, 0) is 44.9 Å². The Labute approximate surface area is 125 Å². The molecule has 1 aromatic carbocycles. The zero-order valence-electron chi connectivity index (χ0n) is 12.9.